The summed E-state index contributed by atoms with van der Waals surface area (Å²) in [6.07, 6.45) is 6.45. The lowest BCUT2D eigenvalue weighted by Crippen LogP contribution is -2.55. The standard InChI is InChI=1S/C16H26N2OS/c19-9-5-16-12-17(11-14-6-10-20-13-14)7-8-18(16)15-3-1-2-4-15/h6,10,13,15-16,19H,1-5,7-9,11-12H2/t16-/m1/s1. The number of piperazine rings is 1. The average molecular weight is 294 g/mol. The molecule has 0 unspecified atom stereocenters. The minimum Gasteiger partial charge on any atom is -0.396 e. The average Bonchev–Trinajstić information content (AvgIpc) is 3.12. The molecule has 20 heavy (non-hydrogen) atoms. The van der Waals surface area contributed by atoms with Crippen molar-refractivity contribution in [3.05, 3.63) is 22.4 Å². The van der Waals surface area contributed by atoms with E-state index in [0.717, 1.165) is 25.6 Å². The highest BCUT2D eigenvalue weighted by Gasteiger charge is 2.32. The Morgan fingerprint density at radius 3 is 2.80 bits per heavy atom. The molecule has 3 nitrogen and oxygen atoms in total. The van der Waals surface area contributed by atoms with Gasteiger partial charge in [-0.3, -0.25) is 9.80 Å². The molecule has 1 aliphatic carbocycles. The maximum atomic E-state index is 9.38. The summed E-state index contributed by atoms with van der Waals surface area (Å²) in [6.45, 7) is 4.87. The van der Waals surface area contributed by atoms with Crippen molar-refractivity contribution < 1.29 is 5.11 Å². The van der Waals surface area contributed by atoms with E-state index in [4.69, 9.17) is 0 Å². The third kappa shape index (κ3) is 3.42. The molecule has 1 N–H and O–H groups in total. The van der Waals surface area contributed by atoms with Crippen LogP contribution in [0, 0.1) is 0 Å². The lowest BCUT2D eigenvalue weighted by Gasteiger charge is -2.44. The Morgan fingerprint density at radius 1 is 1.25 bits per heavy atom. The molecular formula is C16H26N2OS. The topological polar surface area (TPSA) is 26.7 Å². The van der Waals surface area contributed by atoms with Crippen LogP contribution in [0.15, 0.2) is 16.8 Å². The van der Waals surface area contributed by atoms with Gasteiger partial charge >= 0.3 is 0 Å². The molecule has 112 valence electrons. The van der Waals surface area contributed by atoms with Crippen LogP contribution in [-0.2, 0) is 6.54 Å². The van der Waals surface area contributed by atoms with Crippen molar-refractivity contribution in [2.45, 2.75) is 50.7 Å². The van der Waals surface area contributed by atoms with Crippen molar-refractivity contribution in [1.29, 1.82) is 0 Å². The van der Waals surface area contributed by atoms with Crippen LogP contribution in [-0.4, -0.2) is 53.2 Å². The first-order valence-electron chi connectivity index (χ1n) is 7.97. The Kier molecular flexibility index (Phi) is 5.10. The normalized spacial score (nSPS) is 26.4. The van der Waals surface area contributed by atoms with Gasteiger partial charge in [0, 0.05) is 44.9 Å². The maximum absolute atomic E-state index is 9.38. The van der Waals surface area contributed by atoms with Gasteiger partial charge in [0.15, 0.2) is 0 Å². The zero-order valence-electron chi connectivity index (χ0n) is 12.2. The Balaban J connectivity index is 1.59. The summed E-state index contributed by atoms with van der Waals surface area (Å²) >= 11 is 1.78. The molecule has 2 heterocycles. The molecule has 1 saturated heterocycles. The Labute approximate surface area is 126 Å². The molecular weight excluding hydrogens is 268 g/mol. The third-order valence-corrected chi connectivity index (χ3v) is 5.59. The second-order valence-electron chi connectivity index (χ2n) is 6.21. The van der Waals surface area contributed by atoms with Gasteiger partial charge < -0.3 is 5.11 Å². The van der Waals surface area contributed by atoms with Gasteiger partial charge in [-0.15, -0.1) is 0 Å². The first-order chi connectivity index (χ1) is 9.86. The fourth-order valence-electron chi connectivity index (χ4n) is 3.84. The fourth-order valence-corrected chi connectivity index (χ4v) is 4.50. The van der Waals surface area contributed by atoms with Gasteiger partial charge in [0.05, 0.1) is 0 Å². The molecule has 0 aromatic carbocycles. The number of nitrogens with zero attached hydrogens (tertiary/aromatic N) is 2. The van der Waals surface area contributed by atoms with Gasteiger partial charge in [-0.05, 0) is 41.7 Å². The number of aliphatic hydroxyl groups excluding tert-OH is 1. The van der Waals surface area contributed by atoms with Crippen LogP contribution < -0.4 is 0 Å². The van der Waals surface area contributed by atoms with Gasteiger partial charge in [-0.2, -0.15) is 11.3 Å². The molecule has 2 fully saturated rings. The minimum atomic E-state index is 0.320. The monoisotopic (exact) mass is 294 g/mol. The Bertz CT molecular complexity index is 389. The van der Waals surface area contributed by atoms with E-state index in [1.807, 2.05) is 0 Å². The smallest absolute Gasteiger partial charge is 0.0446 e. The molecule has 1 aliphatic heterocycles. The predicted molar refractivity (Wildman–Crippen MR) is 84.0 cm³/mol. The molecule has 0 amide bonds. The van der Waals surface area contributed by atoms with Crippen molar-refractivity contribution in [2.75, 3.05) is 26.2 Å². The van der Waals surface area contributed by atoms with E-state index in [0.29, 0.717) is 12.6 Å². The molecule has 3 rings (SSSR count). The summed E-state index contributed by atoms with van der Waals surface area (Å²) in [4.78, 5) is 5.27. The summed E-state index contributed by atoms with van der Waals surface area (Å²) in [5, 5.41) is 13.8. The quantitative estimate of drug-likeness (QED) is 0.904. The number of hydrogen-bond donors (Lipinski definition) is 1. The third-order valence-electron chi connectivity index (χ3n) is 4.85. The van der Waals surface area contributed by atoms with E-state index in [1.165, 1.54) is 44.3 Å². The highest BCUT2D eigenvalue weighted by molar-refractivity contribution is 7.07. The van der Waals surface area contributed by atoms with E-state index in [-0.39, 0.29) is 0 Å². The predicted octanol–water partition coefficient (Wildman–Crippen LogP) is 2.56. The van der Waals surface area contributed by atoms with Crippen LogP contribution in [0.4, 0.5) is 0 Å². The number of aliphatic hydroxyl groups is 1. The zero-order valence-corrected chi connectivity index (χ0v) is 13.0. The highest BCUT2D eigenvalue weighted by atomic mass is 32.1. The fraction of sp³-hybridized carbons (Fsp3) is 0.750. The van der Waals surface area contributed by atoms with Crippen molar-refractivity contribution in [3.63, 3.8) is 0 Å². The zero-order chi connectivity index (χ0) is 13.8. The first-order valence-corrected chi connectivity index (χ1v) is 8.91. The van der Waals surface area contributed by atoms with Gasteiger partial charge in [-0.1, -0.05) is 12.8 Å². The molecule has 2 aliphatic rings. The first kappa shape index (κ1) is 14.5. The largest absolute Gasteiger partial charge is 0.396 e. The number of thiophene rings is 1. The molecule has 1 saturated carbocycles. The number of hydrogen-bond acceptors (Lipinski definition) is 4. The van der Waals surface area contributed by atoms with Crippen LogP contribution in [0.25, 0.3) is 0 Å². The Morgan fingerprint density at radius 2 is 2.10 bits per heavy atom. The SMILES string of the molecule is OCC[C@@H]1CN(Cc2ccsc2)CCN1C1CCCC1. The molecule has 0 spiro atoms. The maximum Gasteiger partial charge on any atom is 0.0446 e. The van der Waals surface area contributed by atoms with E-state index in [2.05, 4.69) is 26.6 Å². The molecule has 1 aromatic rings. The molecule has 0 bridgehead atoms. The van der Waals surface area contributed by atoms with Gasteiger partial charge in [0.2, 0.25) is 0 Å². The molecule has 0 radical (unpaired) electrons. The van der Waals surface area contributed by atoms with Gasteiger partial charge in [-0.25, -0.2) is 0 Å². The molecule has 1 atom stereocenters. The van der Waals surface area contributed by atoms with Crippen LogP contribution in [0.1, 0.15) is 37.7 Å². The van der Waals surface area contributed by atoms with Gasteiger partial charge in [0.25, 0.3) is 0 Å². The minimum absolute atomic E-state index is 0.320. The number of rotatable bonds is 5. The van der Waals surface area contributed by atoms with Crippen LogP contribution >= 0.6 is 11.3 Å². The van der Waals surface area contributed by atoms with Crippen LogP contribution in [0.3, 0.4) is 0 Å². The second kappa shape index (κ2) is 7.03. The summed E-state index contributed by atoms with van der Waals surface area (Å²) in [5.74, 6) is 0. The van der Waals surface area contributed by atoms with Crippen molar-refractivity contribution in [2.24, 2.45) is 0 Å². The summed E-state index contributed by atoms with van der Waals surface area (Å²) in [5.41, 5.74) is 1.44. The summed E-state index contributed by atoms with van der Waals surface area (Å²) in [6, 6.07) is 3.57. The second-order valence-corrected chi connectivity index (χ2v) is 6.99. The lowest BCUT2D eigenvalue weighted by molar-refractivity contribution is 0.0268. The summed E-state index contributed by atoms with van der Waals surface area (Å²) < 4.78 is 0. The molecule has 1 aromatic heterocycles. The Hall–Kier alpha value is -0.420. The van der Waals surface area contributed by atoms with Crippen molar-refractivity contribution >= 4 is 11.3 Å². The lowest BCUT2D eigenvalue weighted by atomic mass is 10.0. The van der Waals surface area contributed by atoms with E-state index in [9.17, 15) is 5.11 Å². The highest BCUT2D eigenvalue weighted by Crippen LogP contribution is 2.28. The van der Waals surface area contributed by atoms with Crippen molar-refractivity contribution in [3.8, 4) is 0 Å². The summed E-state index contributed by atoms with van der Waals surface area (Å²) in [7, 11) is 0. The van der Waals surface area contributed by atoms with Crippen LogP contribution in [0.2, 0.25) is 0 Å². The van der Waals surface area contributed by atoms with Crippen molar-refractivity contribution in [1.82, 2.24) is 9.80 Å². The molecule has 4 heteroatoms. The van der Waals surface area contributed by atoms with E-state index < -0.39 is 0 Å². The van der Waals surface area contributed by atoms with E-state index in [1.54, 1.807) is 11.3 Å². The van der Waals surface area contributed by atoms with E-state index >= 15 is 0 Å². The van der Waals surface area contributed by atoms with Crippen LogP contribution in [0.5, 0.6) is 0 Å². The van der Waals surface area contributed by atoms with Gasteiger partial charge in [0.1, 0.15) is 0 Å².